The number of allylic oxidation sites excluding steroid dienone is 1. The summed E-state index contributed by atoms with van der Waals surface area (Å²) in [5.41, 5.74) is 8.48. The lowest BCUT2D eigenvalue weighted by Crippen LogP contribution is -2.20. The van der Waals surface area contributed by atoms with Crippen LogP contribution in [0.1, 0.15) is 25.8 Å². The highest BCUT2D eigenvalue weighted by molar-refractivity contribution is 5.92. The highest BCUT2D eigenvalue weighted by Gasteiger charge is 2.23. The number of rotatable bonds is 3. The number of carbonyl (C=O) groups is 1. The zero-order valence-electron chi connectivity index (χ0n) is 11.0. The molecule has 2 rings (SSSR count). The first-order valence-electron chi connectivity index (χ1n) is 6.30. The number of nitrogens with one attached hydrogen (secondary N) is 1. The predicted octanol–water partition coefficient (Wildman–Crippen LogP) is 2.60. The highest BCUT2D eigenvalue weighted by Crippen LogP contribution is 2.32. The van der Waals surface area contributed by atoms with Crippen LogP contribution in [0, 0.1) is 5.82 Å². The molecule has 0 saturated carbocycles. The van der Waals surface area contributed by atoms with Gasteiger partial charge in [0.25, 0.3) is 0 Å². The first kappa shape index (κ1) is 13.4. The van der Waals surface area contributed by atoms with Gasteiger partial charge in [0.1, 0.15) is 5.82 Å². The summed E-state index contributed by atoms with van der Waals surface area (Å²) in [6, 6.07) is 2.92. The third-order valence-electron chi connectivity index (χ3n) is 3.11. The first-order chi connectivity index (χ1) is 9.06. The molecule has 1 aromatic carbocycles. The summed E-state index contributed by atoms with van der Waals surface area (Å²) in [6.07, 6.45) is 1.03. The van der Waals surface area contributed by atoms with E-state index in [1.807, 2.05) is 6.92 Å². The number of halogens is 1. The number of anilines is 2. The van der Waals surface area contributed by atoms with Crippen LogP contribution in [0.4, 0.5) is 15.8 Å². The second-order valence-corrected chi connectivity index (χ2v) is 4.36. The summed E-state index contributed by atoms with van der Waals surface area (Å²) in [7, 11) is 0. The van der Waals surface area contributed by atoms with Crippen molar-refractivity contribution >= 4 is 17.3 Å². The van der Waals surface area contributed by atoms with Crippen LogP contribution in [-0.4, -0.2) is 12.6 Å². The molecule has 0 spiro atoms. The van der Waals surface area contributed by atoms with Crippen LogP contribution < -0.4 is 11.1 Å². The van der Waals surface area contributed by atoms with E-state index in [4.69, 9.17) is 10.5 Å². The van der Waals surface area contributed by atoms with Gasteiger partial charge in [-0.25, -0.2) is 9.18 Å². The summed E-state index contributed by atoms with van der Waals surface area (Å²) < 4.78 is 18.5. The Balaban J connectivity index is 2.38. The minimum atomic E-state index is -0.469. The number of nitrogens with two attached hydrogens (primary N) is 1. The van der Waals surface area contributed by atoms with Crippen LogP contribution in [0.15, 0.2) is 23.4 Å². The molecule has 1 aromatic rings. The zero-order valence-corrected chi connectivity index (χ0v) is 11.0. The van der Waals surface area contributed by atoms with E-state index in [1.165, 1.54) is 6.07 Å². The van der Waals surface area contributed by atoms with Gasteiger partial charge < -0.3 is 15.8 Å². The van der Waals surface area contributed by atoms with E-state index in [9.17, 15) is 9.18 Å². The number of fused-ring (bicyclic) bond motifs is 1. The fraction of sp³-hybridized carbons (Fsp3) is 0.357. The van der Waals surface area contributed by atoms with E-state index >= 15 is 0 Å². The van der Waals surface area contributed by atoms with Gasteiger partial charge in [0.2, 0.25) is 0 Å². The lowest BCUT2D eigenvalue weighted by Gasteiger charge is -2.23. The van der Waals surface area contributed by atoms with E-state index in [1.54, 1.807) is 13.0 Å². The molecule has 1 aliphatic heterocycles. The summed E-state index contributed by atoms with van der Waals surface area (Å²) >= 11 is 0. The maximum Gasteiger partial charge on any atom is 0.336 e. The molecule has 1 aliphatic rings. The number of hydrogen-bond acceptors (Lipinski definition) is 4. The summed E-state index contributed by atoms with van der Waals surface area (Å²) in [6.45, 7) is 4.02. The van der Waals surface area contributed by atoms with Crippen molar-refractivity contribution in [2.45, 2.75) is 26.7 Å². The molecule has 19 heavy (non-hydrogen) atoms. The highest BCUT2D eigenvalue weighted by atomic mass is 19.1. The van der Waals surface area contributed by atoms with Gasteiger partial charge in [-0.2, -0.15) is 0 Å². The van der Waals surface area contributed by atoms with Gasteiger partial charge in [-0.3, -0.25) is 0 Å². The van der Waals surface area contributed by atoms with E-state index in [0.29, 0.717) is 30.6 Å². The maximum atomic E-state index is 13.5. The van der Waals surface area contributed by atoms with Crippen LogP contribution in [0.5, 0.6) is 0 Å². The van der Waals surface area contributed by atoms with Crippen LogP contribution >= 0.6 is 0 Å². The van der Waals surface area contributed by atoms with Gasteiger partial charge in [-0.15, -0.1) is 0 Å². The van der Waals surface area contributed by atoms with Crippen LogP contribution in [0.25, 0.3) is 0 Å². The largest absolute Gasteiger partial charge is 0.463 e. The Morgan fingerprint density at radius 3 is 2.84 bits per heavy atom. The average molecular weight is 264 g/mol. The minimum absolute atomic E-state index is 0.0984. The molecule has 4 nitrogen and oxygen atoms in total. The number of hydrogen-bond donors (Lipinski definition) is 2. The third kappa shape index (κ3) is 2.54. The summed E-state index contributed by atoms with van der Waals surface area (Å²) in [5, 5.41) is 3.14. The Bertz CT molecular complexity index is 553. The van der Waals surface area contributed by atoms with Crippen molar-refractivity contribution in [3.63, 3.8) is 0 Å². The molecule has 1 heterocycles. The van der Waals surface area contributed by atoms with Crippen molar-refractivity contribution in [2.75, 3.05) is 17.7 Å². The second-order valence-electron chi connectivity index (χ2n) is 4.36. The molecule has 0 bridgehead atoms. The number of ether oxygens (including phenoxy) is 1. The van der Waals surface area contributed by atoms with Gasteiger partial charge in [-0.1, -0.05) is 6.92 Å². The van der Waals surface area contributed by atoms with Gasteiger partial charge in [-0.05, 0) is 31.0 Å². The number of carbonyl (C=O) groups excluding carboxylic acids is 1. The fourth-order valence-electron chi connectivity index (χ4n) is 2.14. The van der Waals surface area contributed by atoms with E-state index in [-0.39, 0.29) is 11.7 Å². The molecule has 0 fully saturated rings. The molecule has 3 N–H and O–H groups in total. The normalized spacial score (nSPS) is 13.8. The van der Waals surface area contributed by atoms with Crippen LogP contribution in [-0.2, 0) is 16.0 Å². The topological polar surface area (TPSA) is 64.3 Å². The molecule has 102 valence electrons. The lowest BCUT2D eigenvalue weighted by molar-refractivity contribution is -0.138. The third-order valence-corrected chi connectivity index (χ3v) is 3.11. The monoisotopic (exact) mass is 264 g/mol. The van der Waals surface area contributed by atoms with E-state index < -0.39 is 5.82 Å². The number of nitrogen functional groups attached to an aromatic ring is 1. The van der Waals surface area contributed by atoms with Crippen LogP contribution in [0.2, 0.25) is 0 Å². The SMILES string of the molecule is CCOC(=O)C1=C(CC)Nc2cc(N)c(F)cc2C1. The molecular formula is C14H17FN2O2. The summed E-state index contributed by atoms with van der Waals surface area (Å²) in [4.78, 5) is 11.9. The molecule has 0 unspecified atom stereocenters. The summed E-state index contributed by atoms with van der Waals surface area (Å²) in [5.74, 6) is -0.821. The van der Waals surface area contributed by atoms with Gasteiger partial charge in [0.05, 0.1) is 17.9 Å². The van der Waals surface area contributed by atoms with Gasteiger partial charge in [0.15, 0.2) is 0 Å². The molecule has 5 heteroatoms. The molecule has 0 aromatic heterocycles. The zero-order chi connectivity index (χ0) is 14.0. The minimum Gasteiger partial charge on any atom is -0.463 e. The fourth-order valence-corrected chi connectivity index (χ4v) is 2.14. The molecule has 0 aliphatic carbocycles. The van der Waals surface area contributed by atoms with Crippen molar-refractivity contribution in [1.29, 1.82) is 0 Å². The standard InChI is InChI=1S/C14H17FN2O2/c1-3-12-9(14(18)19-4-2)5-8-6-10(15)11(16)7-13(8)17-12/h6-7,17H,3-5,16H2,1-2H3. The van der Waals surface area contributed by atoms with Crippen molar-refractivity contribution in [3.8, 4) is 0 Å². The average Bonchev–Trinajstić information content (AvgIpc) is 2.39. The van der Waals surface area contributed by atoms with Crippen molar-refractivity contribution in [1.82, 2.24) is 0 Å². The smallest absolute Gasteiger partial charge is 0.336 e. The van der Waals surface area contributed by atoms with Crippen molar-refractivity contribution in [2.24, 2.45) is 0 Å². The Labute approximate surface area is 111 Å². The molecular weight excluding hydrogens is 247 g/mol. The van der Waals surface area contributed by atoms with E-state index in [0.717, 1.165) is 11.4 Å². The number of esters is 1. The van der Waals surface area contributed by atoms with Gasteiger partial charge >= 0.3 is 5.97 Å². The maximum absolute atomic E-state index is 13.5. The quantitative estimate of drug-likeness (QED) is 0.650. The van der Waals surface area contributed by atoms with Crippen molar-refractivity contribution in [3.05, 3.63) is 34.8 Å². The Morgan fingerprint density at radius 2 is 2.21 bits per heavy atom. The predicted molar refractivity (Wildman–Crippen MR) is 72.1 cm³/mol. The molecule has 0 radical (unpaired) electrons. The second kappa shape index (κ2) is 5.30. The van der Waals surface area contributed by atoms with Crippen molar-refractivity contribution < 1.29 is 13.9 Å². The molecule has 0 amide bonds. The Hall–Kier alpha value is -2.04. The molecule has 0 atom stereocenters. The Morgan fingerprint density at radius 1 is 1.47 bits per heavy atom. The lowest BCUT2D eigenvalue weighted by atomic mass is 9.96. The number of benzene rings is 1. The van der Waals surface area contributed by atoms with Gasteiger partial charge in [0, 0.05) is 17.8 Å². The van der Waals surface area contributed by atoms with Crippen LogP contribution in [0.3, 0.4) is 0 Å². The van der Waals surface area contributed by atoms with E-state index in [2.05, 4.69) is 5.32 Å². The first-order valence-corrected chi connectivity index (χ1v) is 6.30. The Kier molecular flexibility index (Phi) is 3.74. The molecule has 0 saturated heterocycles.